The van der Waals surface area contributed by atoms with Crippen molar-refractivity contribution in [3.8, 4) is 11.5 Å². The van der Waals surface area contributed by atoms with Gasteiger partial charge in [0.25, 0.3) is 0 Å². The van der Waals surface area contributed by atoms with Gasteiger partial charge in [-0.05, 0) is 46.7 Å². The second-order valence-electron chi connectivity index (χ2n) is 8.09. The van der Waals surface area contributed by atoms with Crippen LogP contribution in [0.1, 0.15) is 27.6 Å². The number of thiophene rings is 1. The van der Waals surface area contributed by atoms with Crippen molar-refractivity contribution in [2.45, 2.75) is 19.0 Å². The number of rotatable bonds is 9. The van der Waals surface area contributed by atoms with Crippen molar-refractivity contribution >= 4 is 17.2 Å². The zero-order valence-electron chi connectivity index (χ0n) is 19.2. The second kappa shape index (κ2) is 10.7. The highest BCUT2D eigenvalue weighted by Crippen LogP contribution is 2.41. The number of hydrogen-bond acceptors (Lipinski definition) is 5. The summed E-state index contributed by atoms with van der Waals surface area (Å²) in [5.74, 6) is 1.51. The summed E-state index contributed by atoms with van der Waals surface area (Å²) in [6.07, 6.45) is 2.63. The molecule has 1 atom stereocenters. The summed E-state index contributed by atoms with van der Waals surface area (Å²) >= 11 is 1.71. The fraction of sp³-hybridized carbons (Fsp3) is 0.296. The molecule has 0 bridgehead atoms. The van der Waals surface area contributed by atoms with Gasteiger partial charge in [0.2, 0.25) is 5.91 Å². The van der Waals surface area contributed by atoms with Gasteiger partial charge in [-0.15, -0.1) is 17.9 Å². The molecule has 2 aromatic carbocycles. The minimum atomic E-state index is -0.172. The van der Waals surface area contributed by atoms with Crippen molar-refractivity contribution in [3.05, 3.63) is 94.2 Å². The van der Waals surface area contributed by atoms with Gasteiger partial charge in [-0.1, -0.05) is 42.5 Å². The summed E-state index contributed by atoms with van der Waals surface area (Å²) in [6, 6.07) is 18.3. The quantitative estimate of drug-likeness (QED) is 0.423. The Morgan fingerprint density at radius 2 is 1.91 bits per heavy atom. The van der Waals surface area contributed by atoms with Crippen LogP contribution in [0, 0.1) is 0 Å². The predicted molar refractivity (Wildman–Crippen MR) is 133 cm³/mol. The molecule has 0 N–H and O–H groups in total. The average Bonchev–Trinajstić information content (AvgIpc) is 3.36. The second-order valence-corrected chi connectivity index (χ2v) is 9.13. The van der Waals surface area contributed by atoms with Crippen molar-refractivity contribution in [1.82, 2.24) is 9.80 Å². The predicted octanol–water partition coefficient (Wildman–Crippen LogP) is 4.93. The third-order valence-corrected chi connectivity index (χ3v) is 6.88. The fourth-order valence-electron chi connectivity index (χ4n) is 4.48. The maximum Gasteiger partial charge on any atom is 0.237 e. The highest BCUT2D eigenvalue weighted by Gasteiger charge is 2.33. The molecule has 1 aliphatic heterocycles. The molecule has 6 heteroatoms. The number of nitrogens with zero attached hydrogens (tertiary/aromatic N) is 2. The number of carbonyl (C=O) groups is 1. The zero-order valence-corrected chi connectivity index (χ0v) is 20.0. The van der Waals surface area contributed by atoms with Crippen LogP contribution < -0.4 is 9.47 Å². The first-order valence-electron chi connectivity index (χ1n) is 11.1. The highest BCUT2D eigenvalue weighted by atomic mass is 32.1. The van der Waals surface area contributed by atoms with Crippen LogP contribution in [0.15, 0.2) is 72.6 Å². The van der Waals surface area contributed by atoms with E-state index < -0.39 is 0 Å². The summed E-state index contributed by atoms with van der Waals surface area (Å²) in [7, 11) is 3.30. The number of fused-ring (bicyclic) bond motifs is 1. The van der Waals surface area contributed by atoms with Gasteiger partial charge in [0.1, 0.15) is 0 Å². The SMILES string of the molecule is C=CCN(CC(=O)N1CCc2cc(OC)c(OC)cc2C1c1ccccc1)Cc1cccs1. The van der Waals surface area contributed by atoms with Crippen LogP contribution in [0.2, 0.25) is 0 Å². The van der Waals surface area contributed by atoms with E-state index in [2.05, 4.69) is 35.1 Å². The Morgan fingerprint density at radius 1 is 1.15 bits per heavy atom. The third-order valence-electron chi connectivity index (χ3n) is 6.02. The Hall–Kier alpha value is -3.09. The van der Waals surface area contributed by atoms with Gasteiger partial charge < -0.3 is 14.4 Å². The number of amides is 1. The molecule has 0 aliphatic carbocycles. The molecule has 33 heavy (non-hydrogen) atoms. The number of methoxy groups -OCH3 is 2. The number of hydrogen-bond donors (Lipinski definition) is 0. The first-order chi connectivity index (χ1) is 16.1. The molecule has 2 heterocycles. The number of benzene rings is 2. The first kappa shape index (κ1) is 23.1. The normalized spacial score (nSPS) is 15.2. The topological polar surface area (TPSA) is 42.0 Å². The summed E-state index contributed by atoms with van der Waals surface area (Å²) in [5.41, 5.74) is 3.37. The summed E-state index contributed by atoms with van der Waals surface area (Å²) in [6.45, 7) is 6.28. The molecule has 0 fully saturated rings. The molecule has 1 aromatic heterocycles. The van der Waals surface area contributed by atoms with E-state index in [-0.39, 0.29) is 11.9 Å². The lowest BCUT2D eigenvalue weighted by atomic mass is 9.87. The minimum absolute atomic E-state index is 0.114. The van der Waals surface area contributed by atoms with Gasteiger partial charge in [0, 0.05) is 24.5 Å². The van der Waals surface area contributed by atoms with E-state index in [0.29, 0.717) is 25.4 Å². The van der Waals surface area contributed by atoms with Gasteiger partial charge in [0.05, 0.1) is 26.8 Å². The van der Waals surface area contributed by atoms with Crippen LogP contribution in [0.4, 0.5) is 0 Å². The Kier molecular flexibility index (Phi) is 7.47. The van der Waals surface area contributed by atoms with Crippen LogP contribution in [0.3, 0.4) is 0 Å². The Balaban J connectivity index is 1.67. The van der Waals surface area contributed by atoms with Crippen molar-refractivity contribution in [2.24, 2.45) is 0 Å². The van der Waals surface area contributed by atoms with Crippen LogP contribution >= 0.6 is 11.3 Å². The summed E-state index contributed by atoms with van der Waals surface area (Å²) in [5, 5.41) is 2.07. The molecule has 0 saturated heterocycles. The molecule has 1 amide bonds. The van der Waals surface area contributed by atoms with E-state index in [4.69, 9.17) is 9.47 Å². The molecule has 1 aliphatic rings. The molecule has 5 nitrogen and oxygen atoms in total. The maximum absolute atomic E-state index is 13.7. The highest BCUT2D eigenvalue weighted by molar-refractivity contribution is 7.09. The van der Waals surface area contributed by atoms with E-state index in [1.807, 2.05) is 47.4 Å². The largest absolute Gasteiger partial charge is 0.493 e. The van der Waals surface area contributed by atoms with Crippen LogP contribution in [-0.2, 0) is 17.8 Å². The van der Waals surface area contributed by atoms with Gasteiger partial charge in [-0.25, -0.2) is 0 Å². The van der Waals surface area contributed by atoms with E-state index in [0.717, 1.165) is 29.8 Å². The lowest BCUT2D eigenvalue weighted by Crippen LogP contribution is -2.45. The van der Waals surface area contributed by atoms with Gasteiger partial charge in [-0.2, -0.15) is 0 Å². The van der Waals surface area contributed by atoms with Gasteiger partial charge >= 0.3 is 0 Å². The maximum atomic E-state index is 13.7. The van der Waals surface area contributed by atoms with E-state index in [1.165, 1.54) is 10.4 Å². The number of ether oxygens (including phenoxy) is 2. The van der Waals surface area contributed by atoms with E-state index in [1.54, 1.807) is 25.6 Å². The lowest BCUT2D eigenvalue weighted by molar-refractivity contribution is -0.134. The Bertz CT molecular complexity index is 1080. The van der Waals surface area contributed by atoms with Crippen molar-refractivity contribution in [2.75, 3.05) is 33.9 Å². The number of carbonyl (C=O) groups excluding carboxylic acids is 1. The summed E-state index contributed by atoms with van der Waals surface area (Å²) < 4.78 is 11.1. The third kappa shape index (κ3) is 5.13. The smallest absolute Gasteiger partial charge is 0.237 e. The monoisotopic (exact) mass is 462 g/mol. The first-order valence-corrected chi connectivity index (χ1v) is 12.0. The lowest BCUT2D eigenvalue weighted by Gasteiger charge is -2.39. The standard InChI is InChI=1S/C27H30N2O3S/c1-4-13-28(18-22-11-8-15-33-22)19-26(30)29-14-12-21-16-24(31-2)25(32-3)17-23(21)27(29)20-9-6-5-7-10-20/h4-11,15-17,27H,1,12-14,18-19H2,2-3H3. The molecule has 0 spiro atoms. The van der Waals surface area contributed by atoms with Crippen molar-refractivity contribution < 1.29 is 14.3 Å². The van der Waals surface area contributed by atoms with Gasteiger partial charge in [0.15, 0.2) is 11.5 Å². The van der Waals surface area contributed by atoms with Crippen molar-refractivity contribution in [1.29, 1.82) is 0 Å². The van der Waals surface area contributed by atoms with Crippen LogP contribution in [-0.4, -0.2) is 49.6 Å². The van der Waals surface area contributed by atoms with E-state index >= 15 is 0 Å². The molecular weight excluding hydrogens is 432 g/mol. The van der Waals surface area contributed by atoms with E-state index in [9.17, 15) is 4.79 Å². The van der Waals surface area contributed by atoms with Gasteiger partial charge in [-0.3, -0.25) is 9.69 Å². The molecule has 3 aromatic rings. The minimum Gasteiger partial charge on any atom is -0.493 e. The van der Waals surface area contributed by atoms with Crippen LogP contribution in [0.5, 0.6) is 11.5 Å². The van der Waals surface area contributed by atoms with Crippen LogP contribution in [0.25, 0.3) is 0 Å². The molecule has 0 saturated carbocycles. The molecular formula is C27H30N2O3S. The fourth-order valence-corrected chi connectivity index (χ4v) is 5.23. The molecule has 4 rings (SSSR count). The molecule has 172 valence electrons. The molecule has 1 unspecified atom stereocenters. The average molecular weight is 463 g/mol. The summed E-state index contributed by atoms with van der Waals surface area (Å²) in [4.78, 5) is 19.1. The Morgan fingerprint density at radius 3 is 2.58 bits per heavy atom. The Labute approximate surface area is 199 Å². The van der Waals surface area contributed by atoms with Crippen molar-refractivity contribution in [3.63, 3.8) is 0 Å². The zero-order chi connectivity index (χ0) is 23.2. The molecule has 0 radical (unpaired) electrons.